The van der Waals surface area contributed by atoms with Crippen molar-refractivity contribution in [3.63, 3.8) is 0 Å². The third-order valence-corrected chi connectivity index (χ3v) is 4.72. The molecule has 1 unspecified atom stereocenters. The van der Waals surface area contributed by atoms with E-state index < -0.39 is 0 Å². The molecule has 116 valence electrons. The standard InChI is InChI=1S/C19H18N2OS/c1-3-13-23-19-20-17-12-8-7-11-16(17)18(22)21(19)14(2)15-9-5-4-6-10-15/h3-12,14H,1,13H2,2H3. The van der Waals surface area contributed by atoms with Crippen LogP contribution in [0.15, 0.2) is 77.2 Å². The van der Waals surface area contributed by atoms with Crippen molar-refractivity contribution in [3.05, 3.63) is 83.2 Å². The predicted molar refractivity (Wildman–Crippen MR) is 97.2 cm³/mol. The van der Waals surface area contributed by atoms with Gasteiger partial charge in [0.1, 0.15) is 0 Å². The van der Waals surface area contributed by atoms with E-state index in [9.17, 15) is 4.79 Å². The molecule has 2 aromatic carbocycles. The van der Waals surface area contributed by atoms with Gasteiger partial charge in [-0.1, -0.05) is 60.3 Å². The van der Waals surface area contributed by atoms with Gasteiger partial charge in [0.15, 0.2) is 5.16 Å². The van der Waals surface area contributed by atoms with Crippen molar-refractivity contribution in [2.75, 3.05) is 5.75 Å². The summed E-state index contributed by atoms with van der Waals surface area (Å²) in [6.07, 6.45) is 1.82. The molecule has 0 aliphatic rings. The largest absolute Gasteiger partial charge is 0.280 e. The second-order valence-electron chi connectivity index (χ2n) is 5.27. The summed E-state index contributed by atoms with van der Waals surface area (Å²) in [5, 5.41) is 1.38. The van der Waals surface area contributed by atoms with Gasteiger partial charge in [-0.15, -0.1) is 6.58 Å². The summed E-state index contributed by atoms with van der Waals surface area (Å²) < 4.78 is 1.78. The van der Waals surface area contributed by atoms with E-state index in [4.69, 9.17) is 4.98 Å². The second kappa shape index (κ2) is 6.84. The third-order valence-electron chi connectivity index (χ3n) is 3.77. The van der Waals surface area contributed by atoms with E-state index in [1.54, 1.807) is 4.57 Å². The van der Waals surface area contributed by atoms with Crippen LogP contribution >= 0.6 is 11.8 Å². The van der Waals surface area contributed by atoms with Crippen LogP contribution in [0.5, 0.6) is 0 Å². The molecule has 0 aliphatic heterocycles. The van der Waals surface area contributed by atoms with E-state index in [-0.39, 0.29) is 11.6 Å². The van der Waals surface area contributed by atoms with Crippen molar-refractivity contribution in [2.24, 2.45) is 0 Å². The molecule has 0 spiro atoms. The van der Waals surface area contributed by atoms with E-state index in [0.29, 0.717) is 11.1 Å². The fourth-order valence-corrected chi connectivity index (χ4v) is 3.39. The Labute approximate surface area is 139 Å². The van der Waals surface area contributed by atoms with E-state index in [1.807, 2.05) is 67.6 Å². The second-order valence-corrected chi connectivity index (χ2v) is 6.26. The molecule has 0 fully saturated rings. The minimum atomic E-state index is -0.0758. The molecule has 0 saturated carbocycles. The van der Waals surface area contributed by atoms with Crippen LogP contribution in [0.3, 0.4) is 0 Å². The van der Waals surface area contributed by atoms with Crippen molar-refractivity contribution in [1.82, 2.24) is 9.55 Å². The maximum atomic E-state index is 13.0. The summed E-state index contributed by atoms with van der Waals surface area (Å²) >= 11 is 1.53. The summed E-state index contributed by atoms with van der Waals surface area (Å²) in [4.78, 5) is 17.7. The van der Waals surface area contributed by atoms with Gasteiger partial charge in [-0.25, -0.2) is 4.98 Å². The molecule has 0 aliphatic carbocycles. The highest BCUT2D eigenvalue weighted by atomic mass is 32.2. The molecule has 0 N–H and O–H groups in total. The Kier molecular flexibility index (Phi) is 4.63. The number of hydrogen-bond acceptors (Lipinski definition) is 3. The smallest absolute Gasteiger partial charge is 0.262 e. The minimum absolute atomic E-state index is 0.00137. The van der Waals surface area contributed by atoms with Crippen molar-refractivity contribution in [1.29, 1.82) is 0 Å². The predicted octanol–water partition coefficient (Wildman–Crippen LogP) is 4.28. The highest BCUT2D eigenvalue weighted by Crippen LogP contribution is 2.24. The molecular weight excluding hydrogens is 304 g/mol. The van der Waals surface area contributed by atoms with Crippen LogP contribution in [-0.2, 0) is 0 Å². The summed E-state index contributed by atoms with van der Waals surface area (Å²) in [7, 11) is 0. The van der Waals surface area contributed by atoms with Gasteiger partial charge >= 0.3 is 0 Å². The number of hydrogen-bond donors (Lipinski definition) is 0. The average Bonchev–Trinajstić information content (AvgIpc) is 2.60. The highest BCUT2D eigenvalue weighted by Gasteiger charge is 2.17. The van der Waals surface area contributed by atoms with Gasteiger partial charge in [0.05, 0.1) is 16.9 Å². The number of nitrogens with zero attached hydrogens (tertiary/aromatic N) is 2. The summed E-state index contributed by atoms with van der Waals surface area (Å²) in [5.41, 5.74) is 1.83. The Morgan fingerprint density at radius 3 is 2.61 bits per heavy atom. The Bertz CT molecular complexity index is 887. The zero-order chi connectivity index (χ0) is 16.2. The van der Waals surface area contributed by atoms with Crippen LogP contribution in [0.2, 0.25) is 0 Å². The maximum absolute atomic E-state index is 13.0. The zero-order valence-corrected chi connectivity index (χ0v) is 13.8. The number of fused-ring (bicyclic) bond motifs is 1. The minimum Gasteiger partial charge on any atom is -0.280 e. The first kappa shape index (κ1) is 15.6. The van der Waals surface area contributed by atoms with Crippen molar-refractivity contribution < 1.29 is 0 Å². The lowest BCUT2D eigenvalue weighted by Crippen LogP contribution is -2.27. The lowest BCUT2D eigenvalue weighted by atomic mass is 10.1. The Morgan fingerprint density at radius 1 is 1.17 bits per heavy atom. The molecule has 3 rings (SSSR count). The van der Waals surface area contributed by atoms with Gasteiger partial charge in [-0.3, -0.25) is 9.36 Å². The molecule has 3 nitrogen and oxygen atoms in total. The van der Waals surface area contributed by atoms with Gasteiger partial charge in [-0.2, -0.15) is 0 Å². The molecular formula is C19H18N2OS. The zero-order valence-electron chi connectivity index (χ0n) is 13.0. The molecule has 1 heterocycles. The Balaban J connectivity index is 2.22. The van der Waals surface area contributed by atoms with E-state index in [1.165, 1.54) is 11.8 Å². The third kappa shape index (κ3) is 3.08. The first-order valence-electron chi connectivity index (χ1n) is 7.52. The van der Waals surface area contributed by atoms with E-state index in [0.717, 1.165) is 16.2 Å². The Hall–Kier alpha value is -2.33. The van der Waals surface area contributed by atoms with Crippen LogP contribution < -0.4 is 5.56 Å². The summed E-state index contributed by atoms with van der Waals surface area (Å²) in [5.74, 6) is 0.715. The van der Waals surface area contributed by atoms with Crippen LogP contribution in [-0.4, -0.2) is 15.3 Å². The molecule has 0 radical (unpaired) electrons. The molecule has 1 aromatic heterocycles. The van der Waals surface area contributed by atoms with Crippen molar-refractivity contribution >= 4 is 22.7 Å². The van der Waals surface area contributed by atoms with Gasteiger partial charge in [0.2, 0.25) is 0 Å². The molecule has 0 amide bonds. The quantitative estimate of drug-likeness (QED) is 0.399. The average molecular weight is 322 g/mol. The van der Waals surface area contributed by atoms with Crippen molar-refractivity contribution in [2.45, 2.75) is 18.1 Å². The van der Waals surface area contributed by atoms with Crippen LogP contribution in [0.1, 0.15) is 18.5 Å². The monoisotopic (exact) mass is 322 g/mol. The molecule has 1 atom stereocenters. The normalized spacial score (nSPS) is 12.2. The van der Waals surface area contributed by atoms with Crippen molar-refractivity contribution in [3.8, 4) is 0 Å². The molecule has 3 aromatic rings. The number of para-hydroxylation sites is 1. The fourth-order valence-electron chi connectivity index (χ4n) is 2.58. The van der Waals surface area contributed by atoms with E-state index in [2.05, 4.69) is 6.58 Å². The van der Waals surface area contributed by atoms with Gasteiger partial charge in [-0.05, 0) is 24.6 Å². The first-order valence-corrected chi connectivity index (χ1v) is 8.51. The molecule has 0 saturated heterocycles. The van der Waals surface area contributed by atoms with Crippen LogP contribution in [0.4, 0.5) is 0 Å². The highest BCUT2D eigenvalue weighted by molar-refractivity contribution is 7.99. The number of thioether (sulfide) groups is 1. The first-order chi connectivity index (χ1) is 11.2. The topological polar surface area (TPSA) is 34.9 Å². The summed E-state index contributed by atoms with van der Waals surface area (Å²) in [6, 6.07) is 17.4. The number of benzene rings is 2. The van der Waals surface area contributed by atoms with Crippen LogP contribution in [0, 0.1) is 0 Å². The van der Waals surface area contributed by atoms with Gasteiger partial charge < -0.3 is 0 Å². The van der Waals surface area contributed by atoms with E-state index >= 15 is 0 Å². The number of rotatable bonds is 5. The lowest BCUT2D eigenvalue weighted by molar-refractivity contribution is 0.549. The number of aromatic nitrogens is 2. The maximum Gasteiger partial charge on any atom is 0.262 e. The van der Waals surface area contributed by atoms with Gasteiger partial charge in [0.25, 0.3) is 5.56 Å². The lowest BCUT2D eigenvalue weighted by Gasteiger charge is -2.19. The SMILES string of the molecule is C=CCSc1nc2ccccc2c(=O)n1C(C)c1ccccc1. The molecule has 23 heavy (non-hydrogen) atoms. The summed E-state index contributed by atoms with van der Waals surface area (Å²) in [6.45, 7) is 5.79. The Morgan fingerprint density at radius 2 is 1.87 bits per heavy atom. The van der Waals surface area contributed by atoms with Crippen LogP contribution in [0.25, 0.3) is 10.9 Å². The van der Waals surface area contributed by atoms with Gasteiger partial charge in [0, 0.05) is 5.75 Å². The fraction of sp³-hybridized carbons (Fsp3) is 0.158. The molecule has 0 bridgehead atoms. The molecule has 4 heteroatoms.